The van der Waals surface area contributed by atoms with Crippen molar-refractivity contribution in [3.8, 4) is 11.5 Å². The lowest BCUT2D eigenvalue weighted by Gasteiger charge is -2.19. The van der Waals surface area contributed by atoms with Crippen LogP contribution in [-0.4, -0.2) is 65.7 Å². The molecule has 0 spiro atoms. The number of carbonyl (C=O) groups excluding carboxylic acids is 1. The third kappa shape index (κ3) is 5.41. The van der Waals surface area contributed by atoms with E-state index in [1.165, 1.54) is 28.9 Å². The Bertz CT molecular complexity index is 932. The number of thioether (sulfide) groups is 1. The maximum atomic E-state index is 12.6. The molecule has 8 nitrogen and oxygen atoms in total. The van der Waals surface area contributed by atoms with Crippen molar-refractivity contribution in [1.29, 1.82) is 0 Å². The number of carbonyl (C=O) groups is 1. The van der Waals surface area contributed by atoms with Crippen molar-refractivity contribution in [3.05, 3.63) is 24.3 Å². The van der Waals surface area contributed by atoms with Gasteiger partial charge in [0.05, 0.1) is 10.6 Å². The second kappa shape index (κ2) is 10.4. The fourth-order valence-electron chi connectivity index (χ4n) is 3.40. The zero-order valence-corrected chi connectivity index (χ0v) is 19.0. The summed E-state index contributed by atoms with van der Waals surface area (Å²) >= 11 is 1.23. The molecule has 3 rings (SSSR count). The lowest BCUT2D eigenvalue weighted by Crippen LogP contribution is -2.33. The van der Waals surface area contributed by atoms with E-state index in [0.29, 0.717) is 29.8 Å². The molecule has 1 aromatic heterocycles. The van der Waals surface area contributed by atoms with E-state index in [4.69, 9.17) is 4.42 Å². The van der Waals surface area contributed by atoms with Crippen molar-refractivity contribution < 1.29 is 17.6 Å². The Morgan fingerprint density at radius 3 is 2.30 bits per heavy atom. The standard InChI is InChI=1S/C20H28N4O4S2/c1-3-24(4-2)30(26,27)17-11-9-16(10-12-17)19-21-22-20(28-19)29-15-18(25)23-13-7-5-6-8-14-23/h9-12H,3-8,13-15H2,1-2H3. The van der Waals surface area contributed by atoms with Crippen LogP contribution in [0.5, 0.6) is 0 Å². The molecule has 2 heterocycles. The first-order valence-corrected chi connectivity index (χ1v) is 12.7. The minimum atomic E-state index is -3.51. The highest BCUT2D eigenvalue weighted by Gasteiger charge is 2.22. The average molecular weight is 453 g/mol. The molecule has 0 aliphatic carbocycles. The van der Waals surface area contributed by atoms with E-state index in [1.54, 1.807) is 24.3 Å². The van der Waals surface area contributed by atoms with Crippen LogP contribution in [0.25, 0.3) is 11.5 Å². The van der Waals surface area contributed by atoms with Crippen LogP contribution in [0.2, 0.25) is 0 Å². The highest BCUT2D eigenvalue weighted by atomic mass is 32.2. The van der Waals surface area contributed by atoms with Gasteiger partial charge >= 0.3 is 0 Å². The number of likely N-dealkylation sites (tertiary alicyclic amines) is 1. The molecule has 1 fully saturated rings. The second-order valence-corrected chi connectivity index (χ2v) is 9.94. The maximum absolute atomic E-state index is 12.6. The predicted molar refractivity (Wildman–Crippen MR) is 116 cm³/mol. The Morgan fingerprint density at radius 2 is 1.70 bits per heavy atom. The summed E-state index contributed by atoms with van der Waals surface area (Å²) in [4.78, 5) is 14.5. The number of rotatable bonds is 8. The molecule has 2 aromatic rings. The Labute approximate surface area is 182 Å². The molecular weight excluding hydrogens is 424 g/mol. The number of sulfonamides is 1. The quantitative estimate of drug-likeness (QED) is 0.567. The zero-order valence-electron chi connectivity index (χ0n) is 17.4. The summed E-state index contributed by atoms with van der Waals surface area (Å²) < 4.78 is 32.2. The monoisotopic (exact) mass is 452 g/mol. The van der Waals surface area contributed by atoms with Crippen LogP contribution >= 0.6 is 11.8 Å². The minimum Gasteiger partial charge on any atom is -0.411 e. The molecule has 1 aliphatic heterocycles. The van der Waals surface area contributed by atoms with Gasteiger partial charge in [0.2, 0.25) is 21.8 Å². The van der Waals surface area contributed by atoms with Gasteiger partial charge in [-0.1, -0.05) is 38.5 Å². The Balaban J connectivity index is 1.62. The largest absolute Gasteiger partial charge is 0.411 e. The van der Waals surface area contributed by atoms with E-state index in [1.807, 2.05) is 18.7 Å². The van der Waals surface area contributed by atoms with Crippen molar-refractivity contribution in [2.24, 2.45) is 0 Å². The highest BCUT2D eigenvalue weighted by Crippen LogP contribution is 2.25. The van der Waals surface area contributed by atoms with Crippen LogP contribution in [0.4, 0.5) is 0 Å². The normalized spacial score (nSPS) is 15.4. The second-order valence-electron chi connectivity index (χ2n) is 7.07. The van der Waals surface area contributed by atoms with Gasteiger partial charge in [0.1, 0.15) is 0 Å². The summed E-state index contributed by atoms with van der Waals surface area (Å²) in [5, 5.41) is 8.36. The van der Waals surface area contributed by atoms with Crippen LogP contribution in [0, 0.1) is 0 Å². The number of aromatic nitrogens is 2. The molecule has 0 bridgehead atoms. The van der Waals surface area contributed by atoms with Gasteiger partial charge in [-0.05, 0) is 37.1 Å². The lowest BCUT2D eigenvalue weighted by atomic mass is 10.2. The van der Waals surface area contributed by atoms with Gasteiger partial charge < -0.3 is 9.32 Å². The molecule has 1 aliphatic rings. The third-order valence-electron chi connectivity index (χ3n) is 5.13. The Hall–Kier alpha value is -1.91. The number of hydrogen-bond acceptors (Lipinski definition) is 7. The van der Waals surface area contributed by atoms with Crippen molar-refractivity contribution in [3.63, 3.8) is 0 Å². The molecule has 1 saturated heterocycles. The minimum absolute atomic E-state index is 0.0904. The number of nitrogens with zero attached hydrogens (tertiary/aromatic N) is 4. The van der Waals surface area contributed by atoms with Crippen LogP contribution in [0.1, 0.15) is 39.5 Å². The smallest absolute Gasteiger partial charge is 0.277 e. The SMILES string of the molecule is CCN(CC)S(=O)(=O)c1ccc(-c2nnc(SCC(=O)N3CCCCCC3)o2)cc1. The van der Waals surface area contributed by atoms with Gasteiger partial charge in [0, 0.05) is 31.7 Å². The van der Waals surface area contributed by atoms with Crippen molar-refractivity contribution in [2.45, 2.75) is 49.6 Å². The lowest BCUT2D eigenvalue weighted by molar-refractivity contribution is -0.128. The van der Waals surface area contributed by atoms with Gasteiger partial charge in [-0.15, -0.1) is 10.2 Å². The number of benzene rings is 1. The van der Waals surface area contributed by atoms with E-state index in [0.717, 1.165) is 25.9 Å². The summed E-state index contributed by atoms with van der Waals surface area (Å²) in [6.45, 7) is 6.09. The molecule has 164 valence electrons. The Kier molecular flexibility index (Phi) is 7.90. The van der Waals surface area contributed by atoms with Crippen LogP contribution < -0.4 is 0 Å². The molecule has 0 N–H and O–H groups in total. The predicted octanol–water partition coefficient (Wildman–Crippen LogP) is 3.26. The molecular formula is C20H28N4O4S2. The molecule has 30 heavy (non-hydrogen) atoms. The molecule has 0 unspecified atom stereocenters. The molecule has 1 aromatic carbocycles. The summed E-state index contributed by atoms with van der Waals surface area (Å²) in [6, 6.07) is 6.40. The average Bonchev–Trinajstić information content (AvgIpc) is 3.05. The van der Waals surface area contributed by atoms with Crippen molar-refractivity contribution >= 4 is 27.7 Å². The highest BCUT2D eigenvalue weighted by molar-refractivity contribution is 7.99. The first kappa shape index (κ1) is 22.8. The maximum Gasteiger partial charge on any atom is 0.277 e. The summed E-state index contributed by atoms with van der Waals surface area (Å²) in [5.74, 6) is 0.655. The zero-order chi connectivity index (χ0) is 21.6. The van der Waals surface area contributed by atoms with Gasteiger partial charge in [-0.25, -0.2) is 8.42 Å². The summed E-state index contributed by atoms with van der Waals surface area (Å²) in [6.07, 6.45) is 4.47. The van der Waals surface area contributed by atoms with E-state index < -0.39 is 10.0 Å². The molecule has 0 radical (unpaired) electrons. The molecule has 0 saturated carbocycles. The van der Waals surface area contributed by atoms with E-state index in [2.05, 4.69) is 10.2 Å². The topological polar surface area (TPSA) is 96.6 Å². The molecule has 1 amide bonds. The first-order chi connectivity index (χ1) is 14.5. The fourth-order valence-corrected chi connectivity index (χ4v) is 5.53. The number of amides is 1. The van der Waals surface area contributed by atoms with E-state index in [9.17, 15) is 13.2 Å². The van der Waals surface area contributed by atoms with Crippen LogP contribution in [0.15, 0.2) is 38.8 Å². The van der Waals surface area contributed by atoms with Crippen molar-refractivity contribution in [1.82, 2.24) is 19.4 Å². The van der Waals surface area contributed by atoms with Gasteiger partial charge in [0.15, 0.2) is 0 Å². The third-order valence-corrected chi connectivity index (χ3v) is 8.00. The first-order valence-electron chi connectivity index (χ1n) is 10.3. The van der Waals surface area contributed by atoms with E-state index in [-0.39, 0.29) is 16.6 Å². The Morgan fingerprint density at radius 1 is 1.07 bits per heavy atom. The van der Waals surface area contributed by atoms with Crippen LogP contribution in [0.3, 0.4) is 0 Å². The summed E-state index contributed by atoms with van der Waals surface area (Å²) in [5.41, 5.74) is 0.631. The molecule has 0 atom stereocenters. The van der Waals surface area contributed by atoms with Crippen LogP contribution in [-0.2, 0) is 14.8 Å². The van der Waals surface area contributed by atoms with Gasteiger partial charge in [-0.3, -0.25) is 4.79 Å². The molecule has 10 heteroatoms. The van der Waals surface area contributed by atoms with Crippen molar-refractivity contribution in [2.75, 3.05) is 31.9 Å². The number of hydrogen-bond donors (Lipinski definition) is 0. The van der Waals surface area contributed by atoms with Gasteiger partial charge in [0.25, 0.3) is 5.22 Å². The van der Waals surface area contributed by atoms with Gasteiger partial charge in [-0.2, -0.15) is 4.31 Å². The summed E-state index contributed by atoms with van der Waals surface area (Å²) in [7, 11) is -3.51. The fraction of sp³-hybridized carbons (Fsp3) is 0.550. The van der Waals surface area contributed by atoms with E-state index >= 15 is 0 Å².